The van der Waals surface area contributed by atoms with Crippen molar-refractivity contribution in [3.8, 4) is 0 Å². The molecule has 4 nitrogen and oxygen atoms in total. The van der Waals surface area contributed by atoms with Gasteiger partial charge in [-0.2, -0.15) is 0 Å². The van der Waals surface area contributed by atoms with Gasteiger partial charge >= 0.3 is 0 Å². The lowest BCUT2D eigenvalue weighted by Crippen LogP contribution is -2.45. The van der Waals surface area contributed by atoms with Gasteiger partial charge in [0, 0.05) is 43.8 Å². The molecule has 1 aliphatic heterocycles. The number of aromatic nitrogens is 1. The highest BCUT2D eigenvalue weighted by Gasteiger charge is 2.30. The molecule has 1 fully saturated rings. The summed E-state index contributed by atoms with van der Waals surface area (Å²) in [5, 5.41) is 6.80. The smallest absolute Gasteiger partial charge is 0.0965 e. The minimum atomic E-state index is 0.237. The highest BCUT2D eigenvalue weighted by atomic mass is 32.1. The Hall–Kier alpha value is -0.490. The molecule has 0 spiro atoms. The van der Waals surface area contributed by atoms with Crippen molar-refractivity contribution in [2.75, 3.05) is 32.8 Å². The number of nitrogens with two attached hydrogens (primary N) is 1. The van der Waals surface area contributed by atoms with Crippen molar-refractivity contribution in [3.05, 3.63) is 16.6 Å². The average molecular weight is 269 g/mol. The second-order valence-corrected chi connectivity index (χ2v) is 6.14. The first kappa shape index (κ1) is 13.9. The van der Waals surface area contributed by atoms with Crippen LogP contribution in [0.3, 0.4) is 0 Å². The van der Waals surface area contributed by atoms with Crippen LogP contribution >= 0.6 is 11.3 Å². The molecule has 0 aliphatic carbocycles. The first-order valence-electron chi connectivity index (χ1n) is 6.64. The van der Waals surface area contributed by atoms with Gasteiger partial charge in [0.15, 0.2) is 0 Å². The fourth-order valence-corrected chi connectivity index (χ4v) is 3.07. The van der Waals surface area contributed by atoms with Gasteiger partial charge in [0.05, 0.1) is 5.01 Å². The first-order chi connectivity index (χ1) is 8.76. The maximum absolute atomic E-state index is 5.94. The highest BCUT2D eigenvalue weighted by molar-refractivity contribution is 7.09. The standard InChI is InChI=1S/C13H23N3OS/c1-11(12-16-4-7-18-12)8-15-10-13(9-14)2-5-17-6-3-13/h4,7,11,15H,2-3,5-6,8-10,14H2,1H3. The molecule has 2 rings (SSSR count). The van der Waals surface area contributed by atoms with Crippen molar-refractivity contribution in [2.24, 2.45) is 11.1 Å². The monoisotopic (exact) mass is 269 g/mol. The fraction of sp³-hybridized carbons (Fsp3) is 0.769. The quantitative estimate of drug-likeness (QED) is 0.823. The molecule has 5 heteroatoms. The molecule has 0 bridgehead atoms. The molecule has 0 radical (unpaired) electrons. The normalized spacial score (nSPS) is 20.8. The summed E-state index contributed by atoms with van der Waals surface area (Å²) in [5.41, 5.74) is 6.18. The molecule has 1 aromatic rings. The number of ether oxygens (including phenoxy) is 1. The number of rotatable bonds is 6. The molecule has 1 aliphatic rings. The van der Waals surface area contributed by atoms with Gasteiger partial charge in [-0.1, -0.05) is 6.92 Å². The van der Waals surface area contributed by atoms with Crippen molar-refractivity contribution in [2.45, 2.75) is 25.7 Å². The topological polar surface area (TPSA) is 60.2 Å². The Bertz CT molecular complexity index is 336. The zero-order valence-corrected chi connectivity index (χ0v) is 11.8. The van der Waals surface area contributed by atoms with Gasteiger partial charge in [-0.15, -0.1) is 11.3 Å². The van der Waals surface area contributed by atoms with Crippen molar-refractivity contribution >= 4 is 11.3 Å². The van der Waals surface area contributed by atoms with E-state index < -0.39 is 0 Å². The van der Waals surface area contributed by atoms with Crippen LogP contribution in [0.1, 0.15) is 30.7 Å². The van der Waals surface area contributed by atoms with Gasteiger partial charge in [0.1, 0.15) is 0 Å². The van der Waals surface area contributed by atoms with Crippen LogP contribution in [0, 0.1) is 5.41 Å². The molecule has 102 valence electrons. The van der Waals surface area contributed by atoms with Crippen molar-refractivity contribution in [1.82, 2.24) is 10.3 Å². The van der Waals surface area contributed by atoms with Crippen LogP contribution in [-0.4, -0.2) is 37.8 Å². The summed E-state index contributed by atoms with van der Waals surface area (Å²) < 4.78 is 5.42. The van der Waals surface area contributed by atoms with Crippen LogP contribution in [0.15, 0.2) is 11.6 Å². The van der Waals surface area contributed by atoms with Crippen molar-refractivity contribution < 1.29 is 4.74 Å². The van der Waals surface area contributed by atoms with Crippen molar-refractivity contribution in [1.29, 1.82) is 0 Å². The van der Waals surface area contributed by atoms with Gasteiger partial charge in [-0.3, -0.25) is 0 Å². The van der Waals surface area contributed by atoms with Crippen LogP contribution in [0.25, 0.3) is 0 Å². The SMILES string of the molecule is CC(CNCC1(CN)CCOCC1)c1nccs1. The predicted octanol–water partition coefficient (Wildman–Crippen LogP) is 1.59. The summed E-state index contributed by atoms with van der Waals surface area (Å²) in [4.78, 5) is 4.35. The first-order valence-corrected chi connectivity index (χ1v) is 7.52. The summed E-state index contributed by atoms with van der Waals surface area (Å²) in [6.07, 6.45) is 4.01. The van der Waals surface area contributed by atoms with E-state index in [1.807, 2.05) is 11.6 Å². The Labute approximate surface area is 113 Å². The lowest BCUT2D eigenvalue weighted by molar-refractivity contribution is 0.0192. The summed E-state index contributed by atoms with van der Waals surface area (Å²) in [5.74, 6) is 0.472. The van der Waals surface area contributed by atoms with E-state index in [1.54, 1.807) is 11.3 Å². The molecule has 1 atom stereocenters. The van der Waals surface area contributed by atoms with E-state index in [1.165, 1.54) is 5.01 Å². The average Bonchev–Trinajstić information content (AvgIpc) is 2.94. The van der Waals surface area contributed by atoms with E-state index in [9.17, 15) is 0 Å². The Morgan fingerprint density at radius 3 is 2.94 bits per heavy atom. The summed E-state index contributed by atoms with van der Waals surface area (Å²) in [6.45, 7) is 6.61. The second kappa shape index (κ2) is 6.61. The molecule has 0 aromatic carbocycles. The van der Waals surface area contributed by atoms with E-state index in [4.69, 9.17) is 10.5 Å². The molecular formula is C13H23N3OS. The van der Waals surface area contributed by atoms with Gasteiger partial charge in [-0.05, 0) is 24.8 Å². The molecule has 0 saturated carbocycles. The Balaban J connectivity index is 1.76. The molecule has 1 saturated heterocycles. The molecule has 1 unspecified atom stereocenters. The predicted molar refractivity (Wildman–Crippen MR) is 74.9 cm³/mol. The largest absolute Gasteiger partial charge is 0.381 e. The van der Waals surface area contributed by atoms with E-state index in [-0.39, 0.29) is 5.41 Å². The molecule has 0 amide bonds. The maximum atomic E-state index is 5.94. The second-order valence-electron chi connectivity index (χ2n) is 5.22. The number of hydrogen-bond donors (Lipinski definition) is 2. The number of nitrogens with zero attached hydrogens (tertiary/aromatic N) is 1. The fourth-order valence-electron chi connectivity index (χ4n) is 2.38. The molecule has 18 heavy (non-hydrogen) atoms. The Morgan fingerprint density at radius 1 is 1.56 bits per heavy atom. The molecule has 2 heterocycles. The number of thiazole rings is 1. The Morgan fingerprint density at radius 2 is 2.33 bits per heavy atom. The van der Waals surface area contributed by atoms with Crippen LogP contribution < -0.4 is 11.1 Å². The Kier molecular flexibility index (Phi) is 5.12. The van der Waals surface area contributed by atoms with E-state index in [2.05, 4.69) is 17.2 Å². The van der Waals surface area contributed by atoms with Crippen molar-refractivity contribution in [3.63, 3.8) is 0 Å². The van der Waals surface area contributed by atoms with Crippen LogP contribution in [0.2, 0.25) is 0 Å². The summed E-state index contributed by atoms with van der Waals surface area (Å²) >= 11 is 1.73. The van der Waals surface area contributed by atoms with E-state index >= 15 is 0 Å². The lowest BCUT2D eigenvalue weighted by Gasteiger charge is -2.36. The third kappa shape index (κ3) is 3.51. The highest BCUT2D eigenvalue weighted by Crippen LogP contribution is 2.28. The zero-order chi connectivity index (χ0) is 12.8. The number of hydrogen-bond acceptors (Lipinski definition) is 5. The van der Waals surface area contributed by atoms with E-state index in [0.717, 1.165) is 45.7 Å². The third-order valence-electron chi connectivity index (χ3n) is 3.81. The van der Waals surface area contributed by atoms with Gasteiger partial charge in [0.2, 0.25) is 0 Å². The molecular weight excluding hydrogens is 246 g/mol. The van der Waals surface area contributed by atoms with E-state index in [0.29, 0.717) is 5.92 Å². The minimum absolute atomic E-state index is 0.237. The maximum Gasteiger partial charge on any atom is 0.0965 e. The molecule has 3 N–H and O–H groups in total. The zero-order valence-electron chi connectivity index (χ0n) is 11.0. The van der Waals surface area contributed by atoms with Crippen LogP contribution in [0.5, 0.6) is 0 Å². The summed E-state index contributed by atoms with van der Waals surface area (Å²) in [7, 11) is 0. The molecule has 1 aromatic heterocycles. The lowest BCUT2D eigenvalue weighted by atomic mass is 9.80. The minimum Gasteiger partial charge on any atom is -0.381 e. The van der Waals surface area contributed by atoms with Gasteiger partial charge in [-0.25, -0.2) is 4.98 Å². The third-order valence-corrected chi connectivity index (χ3v) is 4.82. The van der Waals surface area contributed by atoms with Gasteiger partial charge in [0.25, 0.3) is 0 Å². The van der Waals surface area contributed by atoms with Crippen LogP contribution in [0.4, 0.5) is 0 Å². The van der Waals surface area contributed by atoms with Crippen LogP contribution in [-0.2, 0) is 4.74 Å². The summed E-state index contributed by atoms with van der Waals surface area (Å²) in [6, 6.07) is 0. The van der Waals surface area contributed by atoms with Gasteiger partial charge < -0.3 is 15.8 Å². The number of nitrogens with one attached hydrogen (secondary N) is 1.